The third kappa shape index (κ3) is 1.98. The highest BCUT2D eigenvalue weighted by molar-refractivity contribution is 6.13. The van der Waals surface area contributed by atoms with Gasteiger partial charge in [0.25, 0.3) is 0 Å². The Kier molecular flexibility index (Phi) is 3.02. The number of hydrogen-bond donors (Lipinski definition) is 3. The van der Waals surface area contributed by atoms with E-state index < -0.39 is 12.0 Å². The number of amides is 2. The zero-order chi connectivity index (χ0) is 14.3. The first-order valence-electron chi connectivity index (χ1n) is 6.57. The van der Waals surface area contributed by atoms with Crippen LogP contribution in [0, 0.1) is 5.92 Å². The molecule has 0 bridgehead atoms. The highest BCUT2D eigenvalue weighted by Crippen LogP contribution is 2.32. The molecule has 0 saturated carbocycles. The van der Waals surface area contributed by atoms with Crippen molar-refractivity contribution >= 4 is 23.3 Å². The summed E-state index contributed by atoms with van der Waals surface area (Å²) in [5.74, 6) is -1.26. The summed E-state index contributed by atoms with van der Waals surface area (Å²) in [6.45, 7) is 0.395. The van der Waals surface area contributed by atoms with Crippen LogP contribution in [-0.2, 0) is 16.1 Å². The average Bonchev–Trinajstić information content (AvgIpc) is 2.75. The van der Waals surface area contributed by atoms with E-state index in [-0.39, 0.29) is 24.0 Å². The van der Waals surface area contributed by atoms with E-state index in [2.05, 4.69) is 10.6 Å². The predicted molar refractivity (Wildman–Crippen MR) is 71.9 cm³/mol. The van der Waals surface area contributed by atoms with Gasteiger partial charge in [-0.15, -0.1) is 0 Å². The number of carbonyl (C=O) groups excluding carboxylic acids is 3. The van der Waals surface area contributed by atoms with Crippen LogP contribution in [-0.4, -0.2) is 23.6 Å². The van der Waals surface area contributed by atoms with E-state index in [0.717, 1.165) is 5.56 Å². The molecular weight excluding hydrogens is 258 g/mol. The maximum atomic E-state index is 12.4. The summed E-state index contributed by atoms with van der Waals surface area (Å²) in [4.78, 5) is 35.4. The topological polar surface area (TPSA) is 101 Å². The lowest BCUT2D eigenvalue weighted by Crippen LogP contribution is -2.48. The van der Waals surface area contributed by atoms with Crippen molar-refractivity contribution < 1.29 is 14.4 Å². The smallest absolute Gasteiger partial charge is 0.232 e. The molecule has 4 N–H and O–H groups in total. The Morgan fingerprint density at radius 1 is 1.25 bits per heavy atom. The number of fused-ring (bicyclic) bond motifs is 1. The van der Waals surface area contributed by atoms with E-state index in [0.29, 0.717) is 24.2 Å². The molecule has 2 amide bonds. The van der Waals surface area contributed by atoms with E-state index in [9.17, 15) is 14.4 Å². The Hall–Kier alpha value is -2.21. The normalized spacial score (nSPS) is 25.1. The molecule has 2 aliphatic heterocycles. The lowest BCUT2D eigenvalue weighted by atomic mass is 9.88. The van der Waals surface area contributed by atoms with Gasteiger partial charge in [0, 0.05) is 24.2 Å². The number of piperidine rings is 1. The molecule has 0 aliphatic carbocycles. The van der Waals surface area contributed by atoms with Gasteiger partial charge in [0.2, 0.25) is 11.8 Å². The Balaban J connectivity index is 1.86. The molecule has 6 heteroatoms. The van der Waals surface area contributed by atoms with Crippen molar-refractivity contribution in [2.45, 2.75) is 25.4 Å². The number of benzene rings is 1. The van der Waals surface area contributed by atoms with Crippen molar-refractivity contribution in [3.63, 3.8) is 0 Å². The van der Waals surface area contributed by atoms with Crippen molar-refractivity contribution in [3.8, 4) is 0 Å². The highest BCUT2D eigenvalue weighted by Gasteiger charge is 2.41. The van der Waals surface area contributed by atoms with Gasteiger partial charge >= 0.3 is 0 Å². The van der Waals surface area contributed by atoms with Crippen molar-refractivity contribution in [3.05, 3.63) is 29.3 Å². The minimum absolute atomic E-state index is 0.0990. The van der Waals surface area contributed by atoms with Crippen LogP contribution >= 0.6 is 0 Å². The minimum Gasteiger partial charge on any atom is -0.374 e. The van der Waals surface area contributed by atoms with E-state index in [1.54, 1.807) is 6.07 Å². The van der Waals surface area contributed by atoms with Gasteiger partial charge in [-0.2, -0.15) is 0 Å². The molecule has 3 rings (SSSR count). The zero-order valence-electron chi connectivity index (χ0n) is 10.8. The van der Waals surface area contributed by atoms with Crippen molar-refractivity contribution in [1.29, 1.82) is 0 Å². The average molecular weight is 273 g/mol. The zero-order valence-corrected chi connectivity index (χ0v) is 10.8. The van der Waals surface area contributed by atoms with Crippen LogP contribution in [0.4, 0.5) is 5.69 Å². The standard InChI is InChI=1S/C14H15N3O3/c15-6-7-1-2-8-10(5-7)16-12(13(8)19)9-3-4-11(18)17-14(9)20/h1-2,5,9,12,16H,3-4,6,15H2,(H,17,18,20). The Morgan fingerprint density at radius 2 is 2.05 bits per heavy atom. The van der Waals surface area contributed by atoms with E-state index in [1.165, 1.54) is 0 Å². The highest BCUT2D eigenvalue weighted by atomic mass is 16.2. The summed E-state index contributed by atoms with van der Waals surface area (Å²) < 4.78 is 0. The molecule has 1 fully saturated rings. The van der Waals surface area contributed by atoms with Crippen molar-refractivity contribution in [2.75, 3.05) is 5.32 Å². The summed E-state index contributed by atoms with van der Waals surface area (Å²) in [5, 5.41) is 5.38. The fourth-order valence-corrected chi connectivity index (χ4v) is 2.76. The first-order valence-corrected chi connectivity index (χ1v) is 6.57. The quantitative estimate of drug-likeness (QED) is 0.667. The lowest BCUT2D eigenvalue weighted by molar-refractivity contribution is -0.136. The van der Waals surface area contributed by atoms with Crippen LogP contribution in [0.15, 0.2) is 18.2 Å². The molecule has 2 aliphatic rings. The first kappa shape index (κ1) is 12.8. The van der Waals surface area contributed by atoms with Crippen LogP contribution in [0.25, 0.3) is 0 Å². The number of nitrogens with one attached hydrogen (secondary N) is 2. The molecule has 6 nitrogen and oxygen atoms in total. The SMILES string of the molecule is NCc1ccc2c(c1)NC(C1CCC(=O)NC1=O)C2=O. The van der Waals surface area contributed by atoms with Gasteiger partial charge in [-0.25, -0.2) is 0 Å². The van der Waals surface area contributed by atoms with E-state index in [4.69, 9.17) is 5.73 Å². The fraction of sp³-hybridized carbons (Fsp3) is 0.357. The molecule has 2 heterocycles. The minimum atomic E-state index is -0.592. The maximum absolute atomic E-state index is 12.4. The summed E-state index contributed by atoms with van der Waals surface area (Å²) in [6.07, 6.45) is 0.665. The second kappa shape index (κ2) is 4.72. The van der Waals surface area contributed by atoms with Gasteiger partial charge in [0.15, 0.2) is 5.78 Å². The summed E-state index contributed by atoms with van der Waals surface area (Å²) in [5.41, 5.74) is 7.80. The predicted octanol–water partition coefficient (Wildman–Crippen LogP) is 0.175. The lowest BCUT2D eigenvalue weighted by Gasteiger charge is -2.25. The number of Topliss-reactive ketones (excluding diaryl/α,β-unsaturated/α-hetero) is 1. The Bertz CT molecular complexity index is 612. The molecule has 0 radical (unpaired) electrons. The summed E-state index contributed by atoms with van der Waals surface area (Å²) >= 11 is 0. The summed E-state index contributed by atoms with van der Waals surface area (Å²) in [6, 6.07) is 4.79. The number of imide groups is 1. The molecule has 104 valence electrons. The van der Waals surface area contributed by atoms with Crippen LogP contribution in [0.3, 0.4) is 0 Å². The molecule has 1 aromatic carbocycles. The number of carbonyl (C=O) groups is 3. The second-order valence-corrected chi connectivity index (χ2v) is 5.13. The number of hydrogen-bond acceptors (Lipinski definition) is 5. The molecule has 1 aromatic rings. The monoisotopic (exact) mass is 273 g/mol. The van der Waals surface area contributed by atoms with Gasteiger partial charge < -0.3 is 11.1 Å². The number of ketones is 1. The van der Waals surface area contributed by atoms with Gasteiger partial charge in [0.1, 0.15) is 6.04 Å². The fourth-order valence-electron chi connectivity index (χ4n) is 2.76. The Labute approximate surface area is 115 Å². The van der Waals surface area contributed by atoms with Gasteiger partial charge in [0.05, 0.1) is 5.92 Å². The molecule has 1 saturated heterocycles. The Morgan fingerprint density at radius 3 is 2.75 bits per heavy atom. The molecule has 0 aromatic heterocycles. The number of rotatable bonds is 2. The third-order valence-electron chi connectivity index (χ3n) is 3.86. The van der Waals surface area contributed by atoms with E-state index >= 15 is 0 Å². The van der Waals surface area contributed by atoms with Crippen molar-refractivity contribution in [1.82, 2.24) is 5.32 Å². The van der Waals surface area contributed by atoms with Crippen LogP contribution in [0.5, 0.6) is 0 Å². The van der Waals surface area contributed by atoms with Crippen LogP contribution < -0.4 is 16.4 Å². The number of nitrogens with two attached hydrogens (primary N) is 1. The summed E-state index contributed by atoms with van der Waals surface area (Å²) in [7, 11) is 0. The molecule has 0 spiro atoms. The second-order valence-electron chi connectivity index (χ2n) is 5.13. The molecular formula is C14H15N3O3. The van der Waals surface area contributed by atoms with Gasteiger partial charge in [-0.05, 0) is 24.1 Å². The van der Waals surface area contributed by atoms with Crippen LogP contribution in [0.1, 0.15) is 28.8 Å². The molecule has 20 heavy (non-hydrogen) atoms. The largest absolute Gasteiger partial charge is 0.374 e. The first-order chi connectivity index (χ1) is 9.60. The third-order valence-corrected chi connectivity index (χ3v) is 3.86. The van der Waals surface area contributed by atoms with E-state index in [1.807, 2.05) is 12.1 Å². The number of anilines is 1. The maximum Gasteiger partial charge on any atom is 0.232 e. The van der Waals surface area contributed by atoms with Gasteiger partial charge in [-0.3, -0.25) is 19.7 Å². The molecule has 2 atom stereocenters. The van der Waals surface area contributed by atoms with Crippen LogP contribution in [0.2, 0.25) is 0 Å². The van der Waals surface area contributed by atoms with Crippen molar-refractivity contribution in [2.24, 2.45) is 11.7 Å². The molecule has 2 unspecified atom stereocenters. The van der Waals surface area contributed by atoms with Gasteiger partial charge in [-0.1, -0.05) is 6.07 Å².